The van der Waals surface area contributed by atoms with E-state index in [-0.39, 0.29) is 24.4 Å². The number of carboxylic acid groups (broad SMARTS) is 1. The smallest absolute Gasteiger partial charge is 0.429 e. The van der Waals surface area contributed by atoms with E-state index in [0.717, 1.165) is 18.1 Å². The molecule has 2 aliphatic carbocycles. The van der Waals surface area contributed by atoms with E-state index in [9.17, 15) is 27.9 Å². The van der Waals surface area contributed by atoms with E-state index in [2.05, 4.69) is 6.92 Å². The molecular formula is C21H21F3O4. The number of carbonyl (C=O) groups excluding carboxylic acids is 1. The van der Waals surface area contributed by atoms with Crippen LogP contribution in [0.3, 0.4) is 0 Å². The zero-order valence-electron chi connectivity index (χ0n) is 15.5. The number of ketones is 1. The first kappa shape index (κ1) is 20.2. The molecule has 3 atom stereocenters. The second kappa shape index (κ2) is 7.11. The molecule has 1 N–H and O–H groups in total. The Balaban J connectivity index is 1.85. The van der Waals surface area contributed by atoms with Crippen molar-refractivity contribution in [3.8, 4) is 0 Å². The van der Waals surface area contributed by atoms with Gasteiger partial charge in [0.05, 0.1) is 5.57 Å². The minimum Gasteiger partial charge on any atom is -0.479 e. The van der Waals surface area contributed by atoms with Crippen molar-refractivity contribution in [2.45, 2.75) is 45.4 Å². The van der Waals surface area contributed by atoms with Gasteiger partial charge in [0.25, 0.3) is 0 Å². The number of alkyl halides is 3. The highest BCUT2D eigenvalue weighted by Crippen LogP contribution is 2.48. The quantitative estimate of drug-likeness (QED) is 0.753. The van der Waals surface area contributed by atoms with E-state index < -0.39 is 29.2 Å². The third-order valence-electron chi connectivity index (χ3n) is 5.22. The lowest BCUT2D eigenvalue weighted by atomic mass is 9.73. The Hall–Kier alpha value is -2.57. The summed E-state index contributed by atoms with van der Waals surface area (Å²) in [5, 5.41) is 9.23. The number of halogens is 3. The van der Waals surface area contributed by atoms with Gasteiger partial charge in [0.2, 0.25) is 6.10 Å². The van der Waals surface area contributed by atoms with E-state index in [1.165, 1.54) is 12.2 Å². The highest BCUT2D eigenvalue weighted by Gasteiger charge is 2.52. The summed E-state index contributed by atoms with van der Waals surface area (Å²) in [5.74, 6) is -1.37. The lowest BCUT2D eigenvalue weighted by Crippen LogP contribution is -2.43. The fraction of sp³-hybridized carbons (Fsp3) is 0.429. The van der Waals surface area contributed by atoms with Gasteiger partial charge in [-0.3, -0.25) is 4.79 Å². The van der Waals surface area contributed by atoms with Crippen LogP contribution in [0.2, 0.25) is 0 Å². The van der Waals surface area contributed by atoms with Crippen LogP contribution >= 0.6 is 0 Å². The van der Waals surface area contributed by atoms with Crippen LogP contribution in [0.1, 0.15) is 33.1 Å². The fourth-order valence-electron chi connectivity index (χ4n) is 3.62. The SMILES string of the molecule is CC1C=CC(CC(=O)C2=CC=C3OC(C(F)(F)F)C(C(=O)O)=CC3(C)C2)=CC1. The summed E-state index contributed by atoms with van der Waals surface area (Å²) in [6.07, 6.45) is 3.64. The lowest BCUT2D eigenvalue weighted by molar-refractivity contribution is -0.206. The number of hydrogen-bond donors (Lipinski definition) is 1. The number of aliphatic carboxylic acids is 1. The van der Waals surface area contributed by atoms with Crippen molar-refractivity contribution in [3.63, 3.8) is 0 Å². The average molecular weight is 394 g/mol. The Bertz CT molecular complexity index is 857. The molecule has 4 nitrogen and oxygen atoms in total. The average Bonchev–Trinajstić information content (AvgIpc) is 2.60. The number of carbonyl (C=O) groups is 2. The first-order valence-corrected chi connectivity index (χ1v) is 9.01. The summed E-state index contributed by atoms with van der Waals surface area (Å²) in [6.45, 7) is 3.65. The molecular weight excluding hydrogens is 373 g/mol. The van der Waals surface area contributed by atoms with E-state index >= 15 is 0 Å². The van der Waals surface area contributed by atoms with Crippen molar-refractivity contribution in [1.29, 1.82) is 0 Å². The van der Waals surface area contributed by atoms with Gasteiger partial charge < -0.3 is 9.84 Å². The predicted molar refractivity (Wildman–Crippen MR) is 96.2 cm³/mol. The summed E-state index contributed by atoms with van der Waals surface area (Å²) < 4.78 is 44.6. The van der Waals surface area contributed by atoms with Gasteiger partial charge in [-0.15, -0.1) is 0 Å². The number of ether oxygens (including phenoxy) is 1. The van der Waals surface area contributed by atoms with Gasteiger partial charge in [0.1, 0.15) is 5.76 Å². The van der Waals surface area contributed by atoms with E-state index in [0.29, 0.717) is 11.5 Å². The molecule has 1 heterocycles. The van der Waals surface area contributed by atoms with Crippen LogP contribution in [-0.4, -0.2) is 29.1 Å². The van der Waals surface area contributed by atoms with Gasteiger partial charge in [0, 0.05) is 11.8 Å². The van der Waals surface area contributed by atoms with Gasteiger partial charge in [-0.25, -0.2) is 4.79 Å². The van der Waals surface area contributed by atoms with E-state index in [1.807, 2.05) is 18.2 Å². The maximum absolute atomic E-state index is 13.2. The van der Waals surface area contributed by atoms with E-state index in [4.69, 9.17) is 4.74 Å². The van der Waals surface area contributed by atoms with Crippen molar-refractivity contribution < 1.29 is 32.6 Å². The summed E-state index contributed by atoms with van der Waals surface area (Å²) in [5.41, 5.74) is -0.620. The number of rotatable bonds is 4. The first-order chi connectivity index (χ1) is 13.0. The number of fused-ring (bicyclic) bond motifs is 1. The van der Waals surface area contributed by atoms with Crippen LogP contribution in [0, 0.1) is 11.3 Å². The van der Waals surface area contributed by atoms with Gasteiger partial charge in [-0.05, 0) is 42.9 Å². The molecule has 0 spiro atoms. The number of allylic oxidation sites excluding steroid dienone is 8. The van der Waals surface area contributed by atoms with Crippen molar-refractivity contribution in [2.75, 3.05) is 0 Å². The molecule has 7 heteroatoms. The first-order valence-electron chi connectivity index (χ1n) is 9.01. The molecule has 0 radical (unpaired) electrons. The molecule has 0 saturated heterocycles. The monoisotopic (exact) mass is 394 g/mol. The van der Waals surface area contributed by atoms with Gasteiger partial charge in [0.15, 0.2) is 5.78 Å². The molecule has 0 bridgehead atoms. The minimum atomic E-state index is -4.84. The molecule has 0 amide bonds. The third-order valence-corrected chi connectivity index (χ3v) is 5.22. The number of Topliss-reactive ketones (excluding diaryl/α,β-unsaturated/α-hetero) is 1. The molecule has 3 unspecified atom stereocenters. The van der Waals surface area contributed by atoms with Crippen molar-refractivity contribution in [2.24, 2.45) is 11.3 Å². The summed E-state index contributed by atoms with van der Waals surface area (Å²) >= 11 is 0. The maximum Gasteiger partial charge on any atom is 0.429 e. The Morgan fingerprint density at radius 1 is 1.32 bits per heavy atom. The van der Waals surface area contributed by atoms with Crippen molar-refractivity contribution in [1.82, 2.24) is 0 Å². The molecule has 28 heavy (non-hydrogen) atoms. The van der Waals surface area contributed by atoms with Crippen LogP contribution in [-0.2, 0) is 14.3 Å². The summed E-state index contributed by atoms with van der Waals surface area (Å²) in [7, 11) is 0. The second-order valence-corrected chi connectivity index (χ2v) is 7.71. The van der Waals surface area contributed by atoms with E-state index in [1.54, 1.807) is 6.92 Å². The van der Waals surface area contributed by atoms with Crippen molar-refractivity contribution in [3.05, 3.63) is 58.9 Å². The standard InChI is InChI=1S/C21H21F3O4/c1-12-3-5-13(6-4-12)9-16(25)14-7-8-17-20(2,10-14)11-15(19(26)27)18(28-17)21(22,23)24/h3,5-8,11-12,18H,4,9-10H2,1-2H3,(H,26,27). The van der Waals surface area contributed by atoms with Crippen LogP contribution in [0.4, 0.5) is 13.2 Å². The van der Waals surface area contributed by atoms with Crippen LogP contribution < -0.4 is 0 Å². The van der Waals surface area contributed by atoms with Gasteiger partial charge in [-0.2, -0.15) is 13.2 Å². The molecule has 3 rings (SSSR count). The Labute approximate surface area is 160 Å². The van der Waals surface area contributed by atoms with Crippen LogP contribution in [0.15, 0.2) is 58.9 Å². The topological polar surface area (TPSA) is 63.6 Å². The summed E-state index contributed by atoms with van der Waals surface area (Å²) in [6, 6.07) is 0. The minimum absolute atomic E-state index is 0.0157. The molecule has 0 aromatic rings. The highest BCUT2D eigenvalue weighted by molar-refractivity contribution is 5.98. The predicted octanol–water partition coefficient (Wildman–Crippen LogP) is 4.66. The second-order valence-electron chi connectivity index (χ2n) is 7.71. The molecule has 0 saturated carbocycles. The van der Waals surface area contributed by atoms with Gasteiger partial charge >= 0.3 is 12.1 Å². The molecule has 1 aliphatic heterocycles. The zero-order chi connectivity index (χ0) is 20.7. The number of hydrogen-bond acceptors (Lipinski definition) is 3. The zero-order valence-corrected chi connectivity index (χ0v) is 15.5. The third kappa shape index (κ3) is 3.98. The van der Waals surface area contributed by atoms with Gasteiger partial charge in [-0.1, -0.05) is 37.3 Å². The maximum atomic E-state index is 13.2. The lowest BCUT2D eigenvalue weighted by Gasteiger charge is -2.40. The Morgan fingerprint density at radius 2 is 2.04 bits per heavy atom. The Kier molecular flexibility index (Phi) is 5.12. The fourth-order valence-corrected chi connectivity index (χ4v) is 3.62. The molecule has 3 aliphatic rings. The molecule has 0 aromatic heterocycles. The summed E-state index contributed by atoms with van der Waals surface area (Å²) in [4.78, 5) is 24.0. The largest absolute Gasteiger partial charge is 0.479 e. The van der Waals surface area contributed by atoms with Crippen molar-refractivity contribution >= 4 is 11.8 Å². The molecule has 150 valence electrons. The molecule has 0 aromatic carbocycles. The Morgan fingerprint density at radius 3 is 2.61 bits per heavy atom. The van der Waals surface area contributed by atoms with Crippen LogP contribution in [0.5, 0.6) is 0 Å². The van der Waals surface area contributed by atoms with Crippen LogP contribution in [0.25, 0.3) is 0 Å². The number of carboxylic acids is 1. The normalized spacial score (nSPS) is 29.6. The highest BCUT2D eigenvalue weighted by atomic mass is 19.4. The molecule has 0 fully saturated rings.